The molecule has 0 aliphatic carbocycles. The molecule has 144 valence electrons. The van der Waals surface area contributed by atoms with Crippen molar-refractivity contribution in [2.24, 2.45) is 0 Å². The number of rotatable bonds is 6. The first-order valence-corrected chi connectivity index (χ1v) is 9.14. The van der Waals surface area contributed by atoms with Crippen LogP contribution in [0.1, 0.15) is 27.5 Å². The zero-order chi connectivity index (χ0) is 20.2. The molecule has 1 heterocycles. The van der Waals surface area contributed by atoms with Crippen LogP contribution in [-0.4, -0.2) is 27.6 Å². The van der Waals surface area contributed by atoms with Crippen LogP contribution in [0.3, 0.4) is 0 Å². The molecule has 0 unspecified atom stereocenters. The largest absolute Gasteiger partial charge is 0.350 e. The molecule has 0 aliphatic rings. The van der Waals surface area contributed by atoms with E-state index in [1.54, 1.807) is 6.07 Å². The standard InChI is InChI=1S/C22H18N4O3/c27-22(21-18-13-17(26(28)29)11-12-20(18)24-25-21)23-14-19(15-7-3-1-4-8-15)16-9-5-2-6-10-16/h1-13,19H,14H2,(H,23,27)(H,24,25). The average Bonchev–Trinajstić information content (AvgIpc) is 3.18. The summed E-state index contributed by atoms with van der Waals surface area (Å²) in [6, 6.07) is 24.2. The summed E-state index contributed by atoms with van der Waals surface area (Å²) < 4.78 is 0. The maximum absolute atomic E-state index is 12.8. The van der Waals surface area contributed by atoms with Crippen molar-refractivity contribution in [3.8, 4) is 0 Å². The van der Waals surface area contributed by atoms with E-state index < -0.39 is 4.92 Å². The smallest absolute Gasteiger partial charge is 0.272 e. The number of H-pyrrole nitrogens is 1. The second-order valence-corrected chi connectivity index (χ2v) is 6.64. The highest BCUT2D eigenvalue weighted by Crippen LogP contribution is 2.25. The van der Waals surface area contributed by atoms with Gasteiger partial charge in [0.2, 0.25) is 0 Å². The molecule has 7 nitrogen and oxygen atoms in total. The zero-order valence-corrected chi connectivity index (χ0v) is 15.4. The third-order valence-electron chi connectivity index (χ3n) is 4.84. The Kier molecular flexibility index (Phi) is 5.03. The number of non-ortho nitro benzene ring substituents is 1. The minimum Gasteiger partial charge on any atom is -0.350 e. The number of aromatic amines is 1. The Morgan fingerprint density at radius 3 is 2.21 bits per heavy atom. The van der Waals surface area contributed by atoms with Crippen molar-refractivity contribution in [2.45, 2.75) is 5.92 Å². The second-order valence-electron chi connectivity index (χ2n) is 6.64. The number of nitrogens with one attached hydrogen (secondary N) is 2. The molecule has 0 bridgehead atoms. The molecule has 0 aliphatic heterocycles. The fourth-order valence-corrected chi connectivity index (χ4v) is 3.37. The van der Waals surface area contributed by atoms with Gasteiger partial charge in [0.25, 0.3) is 11.6 Å². The van der Waals surface area contributed by atoms with Gasteiger partial charge in [-0.2, -0.15) is 5.10 Å². The first kappa shape index (κ1) is 18.4. The number of carbonyl (C=O) groups excluding carboxylic acids is 1. The van der Waals surface area contributed by atoms with Gasteiger partial charge in [0.1, 0.15) is 0 Å². The Morgan fingerprint density at radius 1 is 1.00 bits per heavy atom. The van der Waals surface area contributed by atoms with E-state index in [4.69, 9.17) is 0 Å². The molecule has 4 aromatic rings. The molecule has 29 heavy (non-hydrogen) atoms. The number of nitro groups is 1. The first-order valence-electron chi connectivity index (χ1n) is 9.14. The van der Waals surface area contributed by atoms with Gasteiger partial charge in [-0.05, 0) is 17.2 Å². The normalized spacial score (nSPS) is 10.9. The Morgan fingerprint density at radius 2 is 1.62 bits per heavy atom. The summed E-state index contributed by atoms with van der Waals surface area (Å²) in [5, 5.41) is 21.2. The third kappa shape index (κ3) is 3.84. The van der Waals surface area contributed by atoms with Crippen molar-refractivity contribution in [1.82, 2.24) is 15.5 Å². The second kappa shape index (κ2) is 7.93. The average molecular weight is 386 g/mol. The van der Waals surface area contributed by atoms with E-state index in [0.29, 0.717) is 17.4 Å². The van der Waals surface area contributed by atoms with Gasteiger partial charge in [0.05, 0.1) is 10.4 Å². The molecule has 3 aromatic carbocycles. The van der Waals surface area contributed by atoms with E-state index in [2.05, 4.69) is 15.5 Å². The van der Waals surface area contributed by atoms with Crippen molar-refractivity contribution in [3.05, 3.63) is 106 Å². The molecule has 0 fully saturated rings. The molecular weight excluding hydrogens is 368 g/mol. The Hall–Kier alpha value is -4.00. The van der Waals surface area contributed by atoms with E-state index in [1.165, 1.54) is 12.1 Å². The molecule has 7 heteroatoms. The number of aromatic nitrogens is 2. The highest BCUT2D eigenvalue weighted by Gasteiger charge is 2.20. The van der Waals surface area contributed by atoms with Crippen LogP contribution < -0.4 is 5.32 Å². The van der Waals surface area contributed by atoms with E-state index in [1.807, 2.05) is 60.7 Å². The number of benzene rings is 3. The van der Waals surface area contributed by atoms with Gasteiger partial charge < -0.3 is 5.32 Å². The van der Waals surface area contributed by atoms with Crippen molar-refractivity contribution in [3.63, 3.8) is 0 Å². The van der Waals surface area contributed by atoms with Crippen LogP contribution >= 0.6 is 0 Å². The van der Waals surface area contributed by atoms with Crippen molar-refractivity contribution < 1.29 is 9.72 Å². The molecular formula is C22H18N4O3. The van der Waals surface area contributed by atoms with Crippen LogP contribution in [0.2, 0.25) is 0 Å². The lowest BCUT2D eigenvalue weighted by atomic mass is 9.91. The van der Waals surface area contributed by atoms with E-state index in [9.17, 15) is 14.9 Å². The van der Waals surface area contributed by atoms with Crippen LogP contribution in [0.15, 0.2) is 78.9 Å². The van der Waals surface area contributed by atoms with E-state index in [0.717, 1.165) is 11.1 Å². The van der Waals surface area contributed by atoms with E-state index >= 15 is 0 Å². The number of hydrogen-bond acceptors (Lipinski definition) is 4. The lowest BCUT2D eigenvalue weighted by molar-refractivity contribution is -0.384. The summed E-state index contributed by atoms with van der Waals surface area (Å²) in [5.41, 5.74) is 2.80. The highest BCUT2D eigenvalue weighted by atomic mass is 16.6. The van der Waals surface area contributed by atoms with Crippen LogP contribution in [0.5, 0.6) is 0 Å². The van der Waals surface area contributed by atoms with Gasteiger partial charge >= 0.3 is 0 Å². The summed E-state index contributed by atoms with van der Waals surface area (Å²) in [6.45, 7) is 0.371. The predicted molar refractivity (Wildman–Crippen MR) is 110 cm³/mol. The highest BCUT2D eigenvalue weighted by molar-refractivity contribution is 6.05. The Labute approximate surface area is 166 Å². The lowest BCUT2D eigenvalue weighted by Crippen LogP contribution is -2.29. The van der Waals surface area contributed by atoms with Crippen LogP contribution in [-0.2, 0) is 0 Å². The quantitative estimate of drug-likeness (QED) is 0.386. The van der Waals surface area contributed by atoms with Crippen LogP contribution in [0.25, 0.3) is 10.9 Å². The number of fused-ring (bicyclic) bond motifs is 1. The molecule has 4 rings (SSSR count). The maximum Gasteiger partial charge on any atom is 0.272 e. The number of amides is 1. The molecule has 0 atom stereocenters. The summed E-state index contributed by atoms with van der Waals surface area (Å²) in [6.07, 6.45) is 0. The minimum absolute atomic E-state index is 0.0270. The van der Waals surface area contributed by atoms with Crippen LogP contribution in [0.4, 0.5) is 5.69 Å². The molecule has 0 radical (unpaired) electrons. The minimum atomic E-state index is -0.491. The topological polar surface area (TPSA) is 101 Å². The SMILES string of the molecule is O=C(NCC(c1ccccc1)c1ccccc1)c1n[nH]c2ccc([N+](=O)[O-])cc12. The van der Waals surface area contributed by atoms with Crippen molar-refractivity contribution in [2.75, 3.05) is 6.54 Å². The summed E-state index contributed by atoms with van der Waals surface area (Å²) >= 11 is 0. The Bertz CT molecular complexity index is 1120. The predicted octanol–water partition coefficient (Wildman–Crippen LogP) is 4.03. The third-order valence-corrected chi connectivity index (χ3v) is 4.84. The summed E-state index contributed by atoms with van der Waals surface area (Å²) in [5.74, 6) is -0.408. The summed E-state index contributed by atoms with van der Waals surface area (Å²) in [4.78, 5) is 23.4. The van der Waals surface area contributed by atoms with Crippen molar-refractivity contribution in [1.29, 1.82) is 0 Å². The zero-order valence-electron chi connectivity index (χ0n) is 15.4. The number of hydrogen-bond donors (Lipinski definition) is 2. The van der Waals surface area contributed by atoms with E-state index in [-0.39, 0.29) is 23.2 Å². The number of nitrogens with zero attached hydrogens (tertiary/aromatic N) is 2. The van der Waals surface area contributed by atoms with Gasteiger partial charge in [-0.1, -0.05) is 60.7 Å². The van der Waals surface area contributed by atoms with Crippen molar-refractivity contribution >= 4 is 22.5 Å². The first-order chi connectivity index (χ1) is 14.1. The lowest BCUT2D eigenvalue weighted by Gasteiger charge is -2.18. The number of carbonyl (C=O) groups is 1. The monoisotopic (exact) mass is 386 g/mol. The molecule has 1 amide bonds. The van der Waals surface area contributed by atoms with Gasteiger partial charge in [0.15, 0.2) is 5.69 Å². The fourth-order valence-electron chi connectivity index (χ4n) is 3.37. The molecule has 2 N–H and O–H groups in total. The Balaban J connectivity index is 1.60. The molecule has 0 saturated carbocycles. The van der Waals surface area contributed by atoms with Gasteiger partial charge in [-0.25, -0.2) is 0 Å². The van der Waals surface area contributed by atoms with Gasteiger partial charge in [-0.3, -0.25) is 20.0 Å². The molecule has 1 aromatic heterocycles. The van der Waals surface area contributed by atoms with Crippen LogP contribution in [0, 0.1) is 10.1 Å². The fraction of sp³-hybridized carbons (Fsp3) is 0.0909. The maximum atomic E-state index is 12.8. The number of nitro benzene ring substituents is 1. The van der Waals surface area contributed by atoms with Gasteiger partial charge in [0, 0.05) is 30.0 Å². The van der Waals surface area contributed by atoms with Gasteiger partial charge in [-0.15, -0.1) is 0 Å². The summed E-state index contributed by atoms with van der Waals surface area (Å²) in [7, 11) is 0. The molecule has 0 spiro atoms. The molecule has 0 saturated heterocycles.